The molecule has 3 rings (SSSR count). The molecule has 0 bridgehead atoms. The topological polar surface area (TPSA) is 49.9 Å². The molecule has 2 aromatic rings. The van der Waals surface area contributed by atoms with E-state index >= 15 is 0 Å². The second kappa shape index (κ2) is 7.44. The molecule has 0 fully saturated rings. The van der Waals surface area contributed by atoms with E-state index in [1.165, 1.54) is 11.9 Å². The Morgan fingerprint density at radius 2 is 1.62 bits per heavy atom. The molecule has 26 heavy (non-hydrogen) atoms. The van der Waals surface area contributed by atoms with E-state index in [0.717, 1.165) is 11.1 Å². The predicted octanol–water partition coefficient (Wildman–Crippen LogP) is 2.93. The number of amides is 2. The minimum atomic E-state index is -0.276. The Labute approximate surface area is 153 Å². The molecule has 0 saturated carbocycles. The first-order valence-corrected chi connectivity index (χ1v) is 8.56. The van der Waals surface area contributed by atoms with Crippen LogP contribution in [0.5, 0.6) is 5.75 Å². The highest BCUT2D eigenvalue weighted by atomic mass is 16.5. The molecule has 2 amide bonds. The molecule has 0 radical (unpaired) electrons. The third-order valence-electron chi connectivity index (χ3n) is 4.56. The van der Waals surface area contributed by atoms with Gasteiger partial charge in [-0.05, 0) is 30.2 Å². The van der Waals surface area contributed by atoms with E-state index in [0.29, 0.717) is 30.1 Å². The number of imide groups is 1. The molecule has 0 N–H and O–H groups in total. The van der Waals surface area contributed by atoms with E-state index < -0.39 is 0 Å². The first-order chi connectivity index (χ1) is 12.6. The average molecular weight is 350 g/mol. The van der Waals surface area contributed by atoms with Crippen molar-refractivity contribution in [3.05, 3.63) is 71.4 Å². The zero-order valence-corrected chi connectivity index (χ0v) is 15.2. The summed E-state index contributed by atoms with van der Waals surface area (Å²) in [4.78, 5) is 28.7. The van der Waals surface area contributed by atoms with Crippen molar-refractivity contribution in [2.24, 2.45) is 0 Å². The minimum Gasteiger partial charge on any atom is -0.497 e. The number of carbonyl (C=O) groups is 2. The van der Waals surface area contributed by atoms with E-state index in [9.17, 15) is 9.59 Å². The number of hydrogen-bond donors (Lipinski definition) is 0. The van der Waals surface area contributed by atoms with E-state index in [-0.39, 0.29) is 11.8 Å². The second-order valence-corrected chi connectivity index (χ2v) is 6.12. The molecular formula is C21H22N2O3. The fourth-order valence-corrected chi connectivity index (χ4v) is 3.09. The normalized spacial score (nSPS) is 14.2. The molecule has 0 saturated heterocycles. The van der Waals surface area contributed by atoms with Gasteiger partial charge in [-0.2, -0.15) is 0 Å². The maximum Gasteiger partial charge on any atom is 0.277 e. The van der Waals surface area contributed by atoms with Crippen LogP contribution in [0.1, 0.15) is 18.1 Å². The van der Waals surface area contributed by atoms with Gasteiger partial charge in [0.05, 0.1) is 12.7 Å². The summed E-state index contributed by atoms with van der Waals surface area (Å²) in [5.74, 6) is 0.165. The van der Waals surface area contributed by atoms with Gasteiger partial charge in [-0.3, -0.25) is 14.5 Å². The van der Waals surface area contributed by atoms with Crippen LogP contribution in [0.25, 0.3) is 5.57 Å². The van der Waals surface area contributed by atoms with Crippen molar-refractivity contribution >= 4 is 17.4 Å². The van der Waals surface area contributed by atoms with Gasteiger partial charge in [0.1, 0.15) is 11.4 Å². The number of methoxy groups -OCH3 is 1. The summed E-state index contributed by atoms with van der Waals surface area (Å²) < 4.78 is 5.19. The second-order valence-electron chi connectivity index (χ2n) is 6.12. The minimum absolute atomic E-state index is 0.265. The van der Waals surface area contributed by atoms with Gasteiger partial charge in [-0.1, -0.05) is 42.5 Å². The van der Waals surface area contributed by atoms with Crippen molar-refractivity contribution in [2.45, 2.75) is 13.5 Å². The van der Waals surface area contributed by atoms with Crippen molar-refractivity contribution < 1.29 is 14.3 Å². The van der Waals surface area contributed by atoms with Crippen LogP contribution in [-0.2, 0) is 16.1 Å². The Bertz CT molecular complexity index is 841. The van der Waals surface area contributed by atoms with Crippen LogP contribution in [0.2, 0.25) is 0 Å². The van der Waals surface area contributed by atoms with Crippen LogP contribution in [0.4, 0.5) is 0 Å². The van der Waals surface area contributed by atoms with Crippen LogP contribution in [0.15, 0.2) is 60.3 Å². The number of rotatable bonds is 6. The number of nitrogens with zero attached hydrogens (tertiary/aromatic N) is 2. The third-order valence-corrected chi connectivity index (χ3v) is 4.56. The Morgan fingerprint density at radius 1 is 0.962 bits per heavy atom. The molecule has 0 atom stereocenters. The molecular weight excluding hydrogens is 328 g/mol. The molecule has 5 nitrogen and oxygen atoms in total. The van der Waals surface area contributed by atoms with Crippen molar-refractivity contribution in [1.82, 2.24) is 9.80 Å². The van der Waals surface area contributed by atoms with E-state index in [1.54, 1.807) is 19.2 Å². The summed E-state index contributed by atoms with van der Waals surface area (Å²) >= 11 is 0. The van der Waals surface area contributed by atoms with Crippen molar-refractivity contribution in [2.75, 3.05) is 20.7 Å². The van der Waals surface area contributed by atoms with Crippen molar-refractivity contribution in [3.8, 4) is 5.75 Å². The third kappa shape index (κ3) is 3.20. The van der Waals surface area contributed by atoms with E-state index in [1.807, 2.05) is 54.3 Å². The standard InChI is InChI=1S/C21H22N2O3/c1-4-23(14-15-8-6-5-7-9-15)19-18(20(24)22(2)21(19)25)16-10-12-17(26-3)13-11-16/h5-13H,4,14H2,1-3H3. The average Bonchev–Trinajstić information content (AvgIpc) is 2.91. The highest BCUT2D eigenvalue weighted by Crippen LogP contribution is 2.32. The molecule has 1 aliphatic rings. The summed E-state index contributed by atoms with van der Waals surface area (Å²) in [7, 11) is 3.12. The summed E-state index contributed by atoms with van der Waals surface area (Å²) in [5.41, 5.74) is 2.70. The summed E-state index contributed by atoms with van der Waals surface area (Å²) in [6.07, 6.45) is 0. The zero-order valence-electron chi connectivity index (χ0n) is 15.2. The van der Waals surface area contributed by atoms with Crippen LogP contribution in [0, 0.1) is 0 Å². The first kappa shape index (κ1) is 17.7. The zero-order chi connectivity index (χ0) is 18.7. The van der Waals surface area contributed by atoms with E-state index in [2.05, 4.69) is 0 Å². The monoisotopic (exact) mass is 350 g/mol. The first-order valence-electron chi connectivity index (χ1n) is 8.56. The summed E-state index contributed by atoms with van der Waals surface area (Å²) in [6, 6.07) is 17.1. The lowest BCUT2D eigenvalue weighted by Crippen LogP contribution is -2.32. The molecule has 0 spiro atoms. The molecule has 5 heteroatoms. The molecule has 2 aromatic carbocycles. The van der Waals surface area contributed by atoms with Gasteiger partial charge < -0.3 is 9.64 Å². The predicted molar refractivity (Wildman–Crippen MR) is 100 cm³/mol. The van der Waals surface area contributed by atoms with Gasteiger partial charge in [0, 0.05) is 20.1 Å². The Balaban J connectivity index is 2.05. The molecule has 1 aliphatic heterocycles. The van der Waals surface area contributed by atoms with Crippen molar-refractivity contribution in [1.29, 1.82) is 0 Å². The van der Waals surface area contributed by atoms with Gasteiger partial charge in [-0.15, -0.1) is 0 Å². The van der Waals surface area contributed by atoms with Gasteiger partial charge in [0.25, 0.3) is 11.8 Å². The lowest BCUT2D eigenvalue weighted by molar-refractivity contribution is -0.135. The van der Waals surface area contributed by atoms with Gasteiger partial charge in [0.2, 0.25) is 0 Å². The van der Waals surface area contributed by atoms with Crippen molar-refractivity contribution in [3.63, 3.8) is 0 Å². The van der Waals surface area contributed by atoms with Crippen LogP contribution >= 0.6 is 0 Å². The van der Waals surface area contributed by atoms with E-state index in [4.69, 9.17) is 4.74 Å². The Morgan fingerprint density at radius 3 is 2.19 bits per heavy atom. The van der Waals surface area contributed by atoms with Crippen LogP contribution in [0.3, 0.4) is 0 Å². The van der Waals surface area contributed by atoms with Crippen LogP contribution in [-0.4, -0.2) is 42.3 Å². The van der Waals surface area contributed by atoms with Gasteiger partial charge in [0.15, 0.2) is 0 Å². The number of benzene rings is 2. The number of ether oxygens (including phenoxy) is 1. The maximum atomic E-state index is 12.8. The summed E-state index contributed by atoms with van der Waals surface area (Å²) in [5, 5.41) is 0. The molecule has 0 aromatic heterocycles. The largest absolute Gasteiger partial charge is 0.497 e. The number of carbonyl (C=O) groups excluding carboxylic acids is 2. The lowest BCUT2D eigenvalue weighted by Gasteiger charge is -2.24. The fraction of sp³-hybridized carbons (Fsp3) is 0.238. The number of hydrogen-bond acceptors (Lipinski definition) is 4. The maximum absolute atomic E-state index is 12.8. The Hall–Kier alpha value is -3.08. The number of likely N-dealkylation sites (N-methyl/N-ethyl adjacent to an activating group) is 2. The molecule has 0 aliphatic carbocycles. The highest BCUT2D eigenvalue weighted by Gasteiger charge is 2.39. The lowest BCUT2D eigenvalue weighted by atomic mass is 10.0. The highest BCUT2D eigenvalue weighted by molar-refractivity contribution is 6.35. The van der Waals surface area contributed by atoms with Gasteiger partial charge >= 0.3 is 0 Å². The molecule has 1 heterocycles. The summed E-state index contributed by atoms with van der Waals surface area (Å²) in [6.45, 7) is 3.17. The van der Waals surface area contributed by atoms with Gasteiger partial charge in [-0.25, -0.2) is 0 Å². The SMILES string of the molecule is CCN(Cc1ccccc1)C1=C(c2ccc(OC)cc2)C(=O)N(C)C1=O. The quantitative estimate of drug-likeness (QED) is 0.752. The molecule has 0 unspecified atom stereocenters. The smallest absolute Gasteiger partial charge is 0.277 e. The van der Waals surface area contributed by atoms with Crippen LogP contribution < -0.4 is 4.74 Å². The Kier molecular flexibility index (Phi) is 5.07. The molecule has 134 valence electrons. The fourth-order valence-electron chi connectivity index (χ4n) is 3.09.